The molecule has 0 radical (unpaired) electrons. The maximum absolute atomic E-state index is 12.4. The molecule has 6 heteroatoms. The molecular formula is C50H97NO5. The summed E-state index contributed by atoms with van der Waals surface area (Å²) in [6.07, 6.45) is 51.7. The first-order valence-corrected chi connectivity index (χ1v) is 24.9. The second-order valence-corrected chi connectivity index (χ2v) is 17.1. The highest BCUT2D eigenvalue weighted by atomic mass is 16.5. The molecule has 0 fully saturated rings. The molecule has 0 aromatic rings. The van der Waals surface area contributed by atoms with Crippen molar-refractivity contribution >= 4 is 11.9 Å². The summed E-state index contributed by atoms with van der Waals surface area (Å²) < 4.78 is 5.45. The first-order chi connectivity index (χ1) is 27.5. The lowest BCUT2D eigenvalue weighted by molar-refractivity contribution is -0.143. The van der Waals surface area contributed by atoms with E-state index >= 15 is 0 Å². The summed E-state index contributed by atoms with van der Waals surface area (Å²) in [6.45, 7) is 4.88. The fourth-order valence-electron chi connectivity index (χ4n) is 7.69. The minimum Gasteiger partial charge on any atom is -0.466 e. The minimum atomic E-state index is -0.680. The zero-order chi connectivity index (χ0) is 40.8. The van der Waals surface area contributed by atoms with E-state index in [1.54, 1.807) is 0 Å². The average Bonchev–Trinajstić information content (AvgIpc) is 3.20. The Morgan fingerprint density at radius 3 is 1.27 bits per heavy atom. The summed E-state index contributed by atoms with van der Waals surface area (Å²) >= 11 is 0. The van der Waals surface area contributed by atoms with E-state index in [1.807, 2.05) is 0 Å². The number of unbranched alkanes of at least 4 members (excludes halogenated alkanes) is 33. The molecule has 6 nitrogen and oxygen atoms in total. The van der Waals surface area contributed by atoms with E-state index in [0.717, 1.165) is 57.8 Å². The molecule has 0 rings (SSSR count). The summed E-state index contributed by atoms with van der Waals surface area (Å²) in [5.41, 5.74) is 0. The Morgan fingerprint density at radius 1 is 0.482 bits per heavy atom. The quantitative estimate of drug-likeness (QED) is 0.0324. The second-order valence-electron chi connectivity index (χ2n) is 17.1. The van der Waals surface area contributed by atoms with E-state index in [2.05, 4.69) is 31.3 Å². The fraction of sp³-hybridized carbons (Fsp3) is 0.920. The van der Waals surface area contributed by atoms with Gasteiger partial charge in [0, 0.05) is 12.8 Å². The molecule has 1 amide bonds. The van der Waals surface area contributed by atoms with Crippen molar-refractivity contribution in [2.24, 2.45) is 0 Å². The van der Waals surface area contributed by atoms with E-state index in [-0.39, 0.29) is 18.5 Å². The molecule has 0 spiro atoms. The minimum absolute atomic E-state index is 0.0279. The van der Waals surface area contributed by atoms with Crippen molar-refractivity contribution in [2.45, 2.75) is 283 Å². The number of ether oxygens (including phenoxy) is 1. The van der Waals surface area contributed by atoms with Crippen LogP contribution in [0.15, 0.2) is 12.2 Å². The number of hydrogen-bond donors (Lipinski definition) is 3. The van der Waals surface area contributed by atoms with Crippen LogP contribution in [0.4, 0.5) is 0 Å². The monoisotopic (exact) mass is 792 g/mol. The lowest BCUT2D eigenvalue weighted by Crippen LogP contribution is -2.45. The molecule has 0 aliphatic heterocycles. The van der Waals surface area contributed by atoms with Crippen LogP contribution in [-0.4, -0.2) is 47.4 Å². The standard InChI is InChI=1S/C50H97NO5/c1-3-5-7-9-11-13-15-17-18-19-20-21-22-24-28-32-36-40-44-50(55)56-45-41-37-33-29-25-27-31-35-39-43-49(54)51-47(46-52)48(53)42-38-34-30-26-23-16-14-12-10-8-6-4-2/h18-19,47-48,52-53H,3-17,20-46H2,1-2H3,(H,51,54)/b19-18-. The second kappa shape index (κ2) is 46.3. The van der Waals surface area contributed by atoms with Crippen LogP contribution in [-0.2, 0) is 14.3 Å². The first kappa shape index (κ1) is 54.6. The molecule has 0 aromatic carbocycles. The Balaban J connectivity index is 3.46. The van der Waals surface area contributed by atoms with E-state index < -0.39 is 12.1 Å². The number of allylic oxidation sites excluding steroid dienone is 2. The van der Waals surface area contributed by atoms with Crippen molar-refractivity contribution in [2.75, 3.05) is 13.2 Å². The first-order valence-electron chi connectivity index (χ1n) is 24.9. The molecule has 2 atom stereocenters. The van der Waals surface area contributed by atoms with Gasteiger partial charge in [0.15, 0.2) is 0 Å². The lowest BCUT2D eigenvalue weighted by Gasteiger charge is -2.22. The molecule has 0 heterocycles. The van der Waals surface area contributed by atoms with Crippen LogP contribution in [0, 0.1) is 0 Å². The van der Waals surface area contributed by atoms with Gasteiger partial charge in [-0.2, -0.15) is 0 Å². The molecule has 0 saturated heterocycles. The van der Waals surface area contributed by atoms with Crippen LogP contribution in [0.5, 0.6) is 0 Å². The molecule has 2 unspecified atom stereocenters. The van der Waals surface area contributed by atoms with E-state index in [0.29, 0.717) is 25.9 Å². The Hall–Kier alpha value is -1.40. The van der Waals surface area contributed by atoms with Crippen molar-refractivity contribution in [3.8, 4) is 0 Å². The van der Waals surface area contributed by atoms with Gasteiger partial charge in [-0.15, -0.1) is 0 Å². The average molecular weight is 792 g/mol. The summed E-state index contributed by atoms with van der Waals surface area (Å²) in [4.78, 5) is 24.5. The van der Waals surface area contributed by atoms with Gasteiger partial charge in [-0.25, -0.2) is 0 Å². The largest absolute Gasteiger partial charge is 0.466 e. The summed E-state index contributed by atoms with van der Waals surface area (Å²) in [5.74, 6) is -0.0908. The third kappa shape index (κ3) is 42.2. The topological polar surface area (TPSA) is 95.9 Å². The molecule has 0 saturated carbocycles. The zero-order valence-corrected chi connectivity index (χ0v) is 37.6. The molecular weight excluding hydrogens is 695 g/mol. The van der Waals surface area contributed by atoms with Crippen molar-refractivity contribution in [3.05, 3.63) is 12.2 Å². The van der Waals surface area contributed by atoms with Crippen molar-refractivity contribution < 1.29 is 24.5 Å². The SMILES string of the molecule is CCCCCCCCC/C=C\CCCCCCCCCC(=O)OCCCCCCCCCCCC(=O)NC(CO)C(O)CCCCCCCCCCCCCC. The highest BCUT2D eigenvalue weighted by Crippen LogP contribution is 2.16. The number of nitrogens with one attached hydrogen (secondary N) is 1. The van der Waals surface area contributed by atoms with Gasteiger partial charge < -0.3 is 20.3 Å². The molecule has 0 aliphatic carbocycles. The van der Waals surface area contributed by atoms with E-state index in [4.69, 9.17) is 4.74 Å². The van der Waals surface area contributed by atoms with Gasteiger partial charge >= 0.3 is 5.97 Å². The molecule has 332 valence electrons. The summed E-state index contributed by atoms with van der Waals surface area (Å²) in [6, 6.07) is -0.560. The van der Waals surface area contributed by atoms with Crippen LogP contribution in [0.1, 0.15) is 271 Å². The normalized spacial score (nSPS) is 12.7. The van der Waals surface area contributed by atoms with Gasteiger partial charge in [0.05, 0.1) is 25.4 Å². The zero-order valence-electron chi connectivity index (χ0n) is 37.6. The van der Waals surface area contributed by atoms with Gasteiger partial charge in [-0.1, -0.05) is 219 Å². The van der Waals surface area contributed by atoms with Crippen molar-refractivity contribution in [1.29, 1.82) is 0 Å². The van der Waals surface area contributed by atoms with Gasteiger partial charge in [0.25, 0.3) is 0 Å². The van der Waals surface area contributed by atoms with Gasteiger partial charge in [-0.05, 0) is 51.4 Å². The third-order valence-corrected chi connectivity index (χ3v) is 11.6. The number of aliphatic hydroxyl groups is 2. The van der Waals surface area contributed by atoms with Crippen LogP contribution in [0.3, 0.4) is 0 Å². The maximum atomic E-state index is 12.4. The molecule has 0 aliphatic rings. The number of amides is 1. The van der Waals surface area contributed by atoms with Crippen molar-refractivity contribution in [3.63, 3.8) is 0 Å². The van der Waals surface area contributed by atoms with Crippen LogP contribution in [0.2, 0.25) is 0 Å². The number of hydrogen-bond acceptors (Lipinski definition) is 5. The van der Waals surface area contributed by atoms with Gasteiger partial charge in [0.1, 0.15) is 0 Å². The summed E-state index contributed by atoms with van der Waals surface area (Å²) in [5, 5.41) is 23.1. The van der Waals surface area contributed by atoms with Gasteiger partial charge in [0.2, 0.25) is 5.91 Å². The smallest absolute Gasteiger partial charge is 0.305 e. The Bertz CT molecular complexity index is 832. The summed E-state index contributed by atoms with van der Waals surface area (Å²) in [7, 11) is 0. The van der Waals surface area contributed by atoms with Crippen LogP contribution in [0.25, 0.3) is 0 Å². The van der Waals surface area contributed by atoms with Crippen molar-refractivity contribution in [1.82, 2.24) is 5.32 Å². The maximum Gasteiger partial charge on any atom is 0.305 e. The molecule has 3 N–H and O–H groups in total. The Kier molecular flexibility index (Phi) is 45.1. The van der Waals surface area contributed by atoms with Crippen LogP contribution >= 0.6 is 0 Å². The predicted octanol–water partition coefficient (Wildman–Crippen LogP) is 14.6. The number of carbonyl (C=O) groups excluding carboxylic acids is 2. The number of aliphatic hydroxyl groups excluding tert-OH is 2. The fourth-order valence-corrected chi connectivity index (χ4v) is 7.69. The number of rotatable bonds is 46. The molecule has 0 bridgehead atoms. The van der Waals surface area contributed by atoms with Crippen LogP contribution < -0.4 is 5.32 Å². The third-order valence-electron chi connectivity index (χ3n) is 11.6. The molecule has 56 heavy (non-hydrogen) atoms. The van der Waals surface area contributed by atoms with E-state index in [1.165, 1.54) is 180 Å². The Labute approximate surface area is 349 Å². The predicted molar refractivity (Wildman–Crippen MR) is 241 cm³/mol. The molecule has 0 aromatic heterocycles. The Morgan fingerprint density at radius 2 is 0.839 bits per heavy atom. The lowest BCUT2D eigenvalue weighted by atomic mass is 10.0. The highest BCUT2D eigenvalue weighted by Gasteiger charge is 2.20. The van der Waals surface area contributed by atoms with E-state index in [9.17, 15) is 19.8 Å². The number of carbonyl (C=O) groups is 2. The number of esters is 1. The van der Waals surface area contributed by atoms with Gasteiger partial charge in [-0.3, -0.25) is 9.59 Å². The highest BCUT2D eigenvalue weighted by molar-refractivity contribution is 5.76.